The first-order chi connectivity index (χ1) is 8.19. The van der Waals surface area contributed by atoms with Gasteiger partial charge < -0.3 is 10.1 Å². The first kappa shape index (κ1) is 12.0. The van der Waals surface area contributed by atoms with Crippen molar-refractivity contribution in [3.63, 3.8) is 0 Å². The lowest BCUT2D eigenvalue weighted by atomic mass is 10.0. The number of anilines is 1. The minimum atomic E-state index is 0.179. The van der Waals surface area contributed by atoms with Crippen molar-refractivity contribution in [1.29, 1.82) is 0 Å². The summed E-state index contributed by atoms with van der Waals surface area (Å²) in [6, 6.07) is 5.47. The third-order valence-corrected chi connectivity index (χ3v) is 2.96. The molecule has 0 atom stereocenters. The number of carbonyl (C=O) groups is 1. The highest BCUT2D eigenvalue weighted by Gasteiger charge is 2.10. The highest BCUT2D eigenvalue weighted by molar-refractivity contribution is 6.32. The van der Waals surface area contributed by atoms with Crippen LogP contribution in [0.4, 0.5) is 5.69 Å². The van der Waals surface area contributed by atoms with Crippen LogP contribution in [0.1, 0.15) is 19.3 Å². The second-order valence-electron chi connectivity index (χ2n) is 3.96. The second kappa shape index (κ2) is 5.23. The van der Waals surface area contributed by atoms with E-state index in [4.69, 9.17) is 16.3 Å². The Kier molecular flexibility index (Phi) is 3.69. The maximum absolute atomic E-state index is 11.3. The van der Waals surface area contributed by atoms with Crippen molar-refractivity contribution in [2.45, 2.75) is 19.3 Å². The Morgan fingerprint density at radius 3 is 2.82 bits per heavy atom. The number of allylic oxidation sites excluding steroid dienone is 2. The Morgan fingerprint density at radius 2 is 2.18 bits per heavy atom. The van der Waals surface area contributed by atoms with E-state index in [-0.39, 0.29) is 5.78 Å². The quantitative estimate of drug-likeness (QED) is 0.895. The molecule has 2 rings (SSSR count). The van der Waals surface area contributed by atoms with Crippen molar-refractivity contribution in [2.75, 3.05) is 12.4 Å². The summed E-state index contributed by atoms with van der Waals surface area (Å²) in [6.45, 7) is 0. The minimum Gasteiger partial charge on any atom is -0.495 e. The van der Waals surface area contributed by atoms with Gasteiger partial charge in [0.15, 0.2) is 5.78 Å². The highest BCUT2D eigenvalue weighted by Crippen LogP contribution is 2.28. The molecule has 0 aliphatic heterocycles. The number of benzene rings is 1. The minimum absolute atomic E-state index is 0.179. The Morgan fingerprint density at radius 1 is 1.35 bits per heavy atom. The van der Waals surface area contributed by atoms with E-state index in [1.807, 2.05) is 6.07 Å². The summed E-state index contributed by atoms with van der Waals surface area (Å²) in [5.74, 6) is 0.823. The lowest BCUT2D eigenvalue weighted by molar-refractivity contribution is -0.115. The number of carbonyl (C=O) groups excluding carboxylic acids is 1. The first-order valence-corrected chi connectivity index (χ1v) is 5.91. The molecule has 0 bridgehead atoms. The maximum atomic E-state index is 11.3. The SMILES string of the molecule is COc1ccc(NC2=CC(=O)CCC2)cc1Cl. The normalized spacial score (nSPS) is 15.4. The van der Waals surface area contributed by atoms with Gasteiger partial charge in [0.2, 0.25) is 0 Å². The molecule has 1 N–H and O–H groups in total. The smallest absolute Gasteiger partial charge is 0.157 e. The molecular weight excluding hydrogens is 238 g/mol. The van der Waals surface area contributed by atoms with Crippen LogP contribution < -0.4 is 10.1 Å². The largest absolute Gasteiger partial charge is 0.495 e. The first-order valence-electron chi connectivity index (χ1n) is 5.53. The van der Waals surface area contributed by atoms with E-state index >= 15 is 0 Å². The highest BCUT2D eigenvalue weighted by atomic mass is 35.5. The summed E-state index contributed by atoms with van der Waals surface area (Å²) in [4.78, 5) is 11.3. The molecule has 0 unspecified atom stereocenters. The fourth-order valence-electron chi connectivity index (χ4n) is 1.82. The van der Waals surface area contributed by atoms with Crippen LogP contribution in [0.2, 0.25) is 5.02 Å². The number of hydrogen-bond donors (Lipinski definition) is 1. The molecule has 17 heavy (non-hydrogen) atoms. The molecule has 0 spiro atoms. The zero-order valence-electron chi connectivity index (χ0n) is 9.63. The van der Waals surface area contributed by atoms with E-state index in [1.165, 1.54) is 0 Å². The van der Waals surface area contributed by atoms with Crippen molar-refractivity contribution < 1.29 is 9.53 Å². The van der Waals surface area contributed by atoms with Gasteiger partial charge in [-0.2, -0.15) is 0 Å². The average Bonchev–Trinajstić information content (AvgIpc) is 2.29. The van der Waals surface area contributed by atoms with Gasteiger partial charge in [-0.05, 0) is 31.0 Å². The summed E-state index contributed by atoms with van der Waals surface area (Å²) >= 11 is 6.02. The fraction of sp³-hybridized carbons (Fsp3) is 0.308. The number of hydrogen-bond acceptors (Lipinski definition) is 3. The topological polar surface area (TPSA) is 38.3 Å². The predicted octanol–water partition coefficient (Wildman–Crippen LogP) is 3.40. The van der Waals surface area contributed by atoms with Gasteiger partial charge in [0.1, 0.15) is 5.75 Å². The van der Waals surface area contributed by atoms with E-state index in [0.717, 1.165) is 24.2 Å². The van der Waals surface area contributed by atoms with Crippen LogP contribution in [0.3, 0.4) is 0 Å². The number of halogens is 1. The van der Waals surface area contributed by atoms with E-state index in [1.54, 1.807) is 25.3 Å². The van der Waals surface area contributed by atoms with Crippen molar-refractivity contribution in [3.05, 3.63) is 35.0 Å². The lowest BCUT2D eigenvalue weighted by Crippen LogP contribution is -2.09. The van der Waals surface area contributed by atoms with Gasteiger partial charge in [-0.1, -0.05) is 11.6 Å². The zero-order valence-corrected chi connectivity index (χ0v) is 10.4. The van der Waals surface area contributed by atoms with Crippen LogP contribution in [0.25, 0.3) is 0 Å². The van der Waals surface area contributed by atoms with Gasteiger partial charge in [0.05, 0.1) is 12.1 Å². The predicted molar refractivity (Wildman–Crippen MR) is 68.6 cm³/mol. The molecule has 1 aromatic rings. The van der Waals surface area contributed by atoms with Crippen molar-refractivity contribution in [3.8, 4) is 5.75 Å². The van der Waals surface area contributed by atoms with Gasteiger partial charge in [-0.25, -0.2) is 0 Å². The zero-order chi connectivity index (χ0) is 12.3. The molecule has 0 radical (unpaired) electrons. The summed E-state index contributed by atoms with van der Waals surface area (Å²) in [5.41, 5.74) is 1.82. The van der Waals surface area contributed by atoms with Crippen LogP contribution >= 0.6 is 11.6 Å². The molecule has 1 aromatic carbocycles. The van der Waals surface area contributed by atoms with Crippen LogP contribution in [-0.4, -0.2) is 12.9 Å². The Labute approximate surface area is 105 Å². The molecule has 1 aliphatic rings. The Hall–Kier alpha value is -1.48. The fourth-order valence-corrected chi connectivity index (χ4v) is 2.08. The number of ketones is 1. The molecule has 0 saturated heterocycles. The van der Waals surface area contributed by atoms with Crippen molar-refractivity contribution in [2.24, 2.45) is 0 Å². The summed E-state index contributed by atoms with van der Waals surface area (Å²) < 4.78 is 5.08. The Bertz CT molecular complexity index is 468. The van der Waals surface area contributed by atoms with Crippen LogP contribution in [0, 0.1) is 0 Å². The standard InChI is InChI=1S/C13H14ClNO2/c1-17-13-6-5-10(8-12(13)14)15-9-3-2-4-11(16)7-9/h5-8,15H,2-4H2,1H3. The molecule has 90 valence electrons. The number of ether oxygens (including phenoxy) is 1. The van der Waals surface area contributed by atoms with E-state index in [0.29, 0.717) is 17.2 Å². The van der Waals surface area contributed by atoms with Gasteiger partial charge in [-0.3, -0.25) is 4.79 Å². The molecule has 0 amide bonds. The summed E-state index contributed by atoms with van der Waals surface area (Å²) in [5, 5.41) is 3.76. The lowest BCUT2D eigenvalue weighted by Gasteiger charge is -2.15. The van der Waals surface area contributed by atoms with Crippen LogP contribution in [0.5, 0.6) is 5.75 Å². The van der Waals surface area contributed by atoms with Gasteiger partial charge in [0, 0.05) is 23.9 Å². The van der Waals surface area contributed by atoms with Gasteiger partial charge in [0.25, 0.3) is 0 Å². The van der Waals surface area contributed by atoms with Gasteiger partial charge >= 0.3 is 0 Å². The second-order valence-corrected chi connectivity index (χ2v) is 4.37. The van der Waals surface area contributed by atoms with Crippen LogP contribution in [-0.2, 0) is 4.79 Å². The average molecular weight is 252 g/mol. The molecular formula is C13H14ClNO2. The molecule has 0 aromatic heterocycles. The molecule has 1 aliphatic carbocycles. The van der Waals surface area contributed by atoms with E-state index < -0.39 is 0 Å². The van der Waals surface area contributed by atoms with Crippen molar-refractivity contribution in [1.82, 2.24) is 0 Å². The van der Waals surface area contributed by atoms with E-state index in [2.05, 4.69) is 5.32 Å². The summed E-state index contributed by atoms with van der Waals surface area (Å²) in [6.07, 6.45) is 4.12. The number of nitrogens with one attached hydrogen (secondary N) is 1. The summed E-state index contributed by atoms with van der Waals surface area (Å²) in [7, 11) is 1.58. The van der Waals surface area contributed by atoms with Gasteiger partial charge in [-0.15, -0.1) is 0 Å². The molecule has 0 saturated carbocycles. The Balaban J connectivity index is 2.13. The third kappa shape index (κ3) is 3.01. The molecule has 0 fully saturated rings. The molecule has 3 nitrogen and oxygen atoms in total. The molecule has 0 heterocycles. The maximum Gasteiger partial charge on any atom is 0.157 e. The molecule has 4 heteroatoms. The number of methoxy groups -OCH3 is 1. The van der Waals surface area contributed by atoms with Crippen molar-refractivity contribution >= 4 is 23.1 Å². The number of rotatable bonds is 3. The third-order valence-electron chi connectivity index (χ3n) is 2.66. The monoisotopic (exact) mass is 251 g/mol. The van der Waals surface area contributed by atoms with Crippen LogP contribution in [0.15, 0.2) is 30.0 Å². The van der Waals surface area contributed by atoms with E-state index in [9.17, 15) is 4.79 Å².